The number of rotatable bonds is 11. The van der Waals surface area contributed by atoms with E-state index in [2.05, 4.69) is 27.6 Å². The maximum absolute atomic E-state index is 14.0. The second kappa shape index (κ2) is 14.3. The van der Waals surface area contributed by atoms with Gasteiger partial charge in [0, 0.05) is 6.20 Å². The van der Waals surface area contributed by atoms with Gasteiger partial charge in [-0.15, -0.1) is 0 Å². The van der Waals surface area contributed by atoms with E-state index < -0.39 is 12.0 Å². The number of thiazole rings is 1. The molecule has 3 aromatic carbocycles. The Hall–Kier alpha value is -4.17. The number of carbonyl (C=O) groups excluding carboxylic acids is 1. The SMILES string of the molecule is CCOc1ccc([C@@H]2C(C(=O)OC)=CN=c3s/c(=C\c4cc(I)c(OCc5ccc(F)cc5)c(OC)c4)c(=O)n32)cc1OCC. The van der Waals surface area contributed by atoms with Crippen molar-refractivity contribution in [3.63, 3.8) is 0 Å². The van der Waals surface area contributed by atoms with Crippen molar-refractivity contribution in [2.45, 2.75) is 26.5 Å². The summed E-state index contributed by atoms with van der Waals surface area (Å²) in [5.41, 5.74) is 2.04. The van der Waals surface area contributed by atoms with Crippen LogP contribution in [0.15, 0.2) is 76.2 Å². The molecule has 0 spiro atoms. The van der Waals surface area contributed by atoms with Crippen molar-refractivity contribution < 1.29 is 32.9 Å². The molecular formula is C33H30FIN2O7S. The first-order valence-corrected chi connectivity index (χ1v) is 15.9. The highest BCUT2D eigenvalue weighted by Gasteiger charge is 2.31. The Kier molecular flexibility index (Phi) is 10.2. The molecule has 0 N–H and O–H groups in total. The quantitative estimate of drug-likeness (QED) is 0.155. The van der Waals surface area contributed by atoms with Crippen molar-refractivity contribution in [1.82, 2.24) is 4.57 Å². The van der Waals surface area contributed by atoms with Crippen LogP contribution < -0.4 is 33.8 Å². The monoisotopic (exact) mass is 744 g/mol. The average Bonchev–Trinajstić information content (AvgIpc) is 3.35. The second-order valence-electron chi connectivity index (χ2n) is 9.70. The number of halogens is 2. The molecule has 0 saturated carbocycles. The Morgan fingerprint density at radius 2 is 1.73 bits per heavy atom. The number of aromatic nitrogens is 1. The first-order valence-electron chi connectivity index (χ1n) is 14.0. The summed E-state index contributed by atoms with van der Waals surface area (Å²) < 4.78 is 44.2. The van der Waals surface area contributed by atoms with Gasteiger partial charge >= 0.3 is 5.97 Å². The zero-order valence-corrected chi connectivity index (χ0v) is 27.9. The molecule has 0 fully saturated rings. The van der Waals surface area contributed by atoms with Crippen LogP contribution >= 0.6 is 33.9 Å². The summed E-state index contributed by atoms with van der Waals surface area (Å²) in [7, 11) is 2.83. The van der Waals surface area contributed by atoms with Crippen LogP contribution in [0.5, 0.6) is 23.0 Å². The summed E-state index contributed by atoms with van der Waals surface area (Å²) in [4.78, 5) is 31.7. The zero-order valence-electron chi connectivity index (χ0n) is 25.0. The molecule has 0 amide bonds. The molecule has 0 aliphatic carbocycles. The first-order chi connectivity index (χ1) is 21.8. The van der Waals surface area contributed by atoms with Gasteiger partial charge in [-0.05, 0) is 95.6 Å². The molecule has 12 heteroatoms. The third-order valence-electron chi connectivity index (χ3n) is 6.85. The van der Waals surface area contributed by atoms with Gasteiger partial charge in [-0.25, -0.2) is 14.2 Å². The van der Waals surface area contributed by atoms with Crippen molar-refractivity contribution in [3.05, 3.63) is 112 Å². The maximum Gasteiger partial charge on any atom is 0.337 e. The summed E-state index contributed by atoms with van der Waals surface area (Å²) in [6.07, 6.45) is 3.20. The summed E-state index contributed by atoms with van der Waals surface area (Å²) >= 11 is 3.35. The standard InChI is InChI=1S/C33H30FIN2O7S/c1-5-42-25-12-9-21(16-26(25)43-6-2)29-23(32(39)41-4)17-36-33-37(29)31(38)28(45-33)15-20-13-24(35)30(27(14-20)40-3)44-18-19-7-10-22(34)11-8-19/h7-17,29H,5-6,18H2,1-4H3/b28-15-/t29-/m1/s1. The largest absolute Gasteiger partial charge is 0.493 e. The maximum atomic E-state index is 14.0. The molecule has 0 unspecified atom stereocenters. The molecule has 4 aromatic rings. The van der Waals surface area contributed by atoms with Crippen LogP contribution in [0, 0.1) is 9.39 Å². The number of nitrogens with zero attached hydrogens (tertiary/aromatic N) is 2. The van der Waals surface area contributed by atoms with Crippen LogP contribution in [-0.2, 0) is 16.1 Å². The lowest BCUT2D eigenvalue weighted by molar-refractivity contribution is -0.136. The fourth-order valence-electron chi connectivity index (χ4n) is 4.84. The lowest BCUT2D eigenvalue weighted by Crippen LogP contribution is -2.39. The van der Waals surface area contributed by atoms with E-state index in [-0.39, 0.29) is 23.6 Å². The fourth-order valence-corrected chi connectivity index (χ4v) is 6.59. The number of ether oxygens (including phenoxy) is 5. The van der Waals surface area contributed by atoms with Gasteiger partial charge < -0.3 is 23.7 Å². The molecule has 1 aliphatic heterocycles. The number of hydrogen-bond acceptors (Lipinski definition) is 9. The van der Waals surface area contributed by atoms with Crippen molar-refractivity contribution >= 4 is 46.0 Å². The van der Waals surface area contributed by atoms with E-state index in [0.29, 0.717) is 56.7 Å². The van der Waals surface area contributed by atoms with E-state index in [0.717, 1.165) is 9.13 Å². The van der Waals surface area contributed by atoms with Crippen LogP contribution in [0.3, 0.4) is 0 Å². The van der Waals surface area contributed by atoms with E-state index in [1.54, 1.807) is 42.5 Å². The summed E-state index contributed by atoms with van der Waals surface area (Å²) in [5.74, 6) is 1.16. The molecule has 1 atom stereocenters. The second-order valence-corrected chi connectivity index (χ2v) is 11.9. The number of carbonyl (C=O) groups is 1. The lowest BCUT2D eigenvalue weighted by Gasteiger charge is -2.23. The van der Waals surface area contributed by atoms with E-state index in [9.17, 15) is 14.0 Å². The molecule has 1 aliphatic rings. The predicted molar refractivity (Wildman–Crippen MR) is 176 cm³/mol. The van der Waals surface area contributed by atoms with Crippen LogP contribution in [0.25, 0.3) is 6.08 Å². The van der Waals surface area contributed by atoms with Gasteiger partial charge in [-0.1, -0.05) is 29.5 Å². The van der Waals surface area contributed by atoms with Gasteiger partial charge in [0.25, 0.3) is 5.56 Å². The lowest BCUT2D eigenvalue weighted by atomic mass is 9.97. The number of fused-ring (bicyclic) bond motifs is 1. The molecule has 45 heavy (non-hydrogen) atoms. The van der Waals surface area contributed by atoms with Gasteiger partial charge in [0.05, 0.1) is 47.2 Å². The molecule has 5 rings (SSSR count). The minimum Gasteiger partial charge on any atom is -0.493 e. The Balaban J connectivity index is 1.56. The van der Waals surface area contributed by atoms with Crippen molar-refractivity contribution in [2.24, 2.45) is 4.99 Å². The minimum absolute atomic E-state index is 0.210. The van der Waals surface area contributed by atoms with Gasteiger partial charge in [0.15, 0.2) is 27.8 Å². The molecule has 0 radical (unpaired) electrons. The summed E-state index contributed by atoms with van der Waals surface area (Å²) in [6.45, 7) is 4.83. The minimum atomic E-state index is -0.803. The molecule has 0 bridgehead atoms. The zero-order chi connectivity index (χ0) is 32.1. The highest BCUT2D eigenvalue weighted by atomic mass is 127. The Morgan fingerprint density at radius 1 is 1.00 bits per heavy atom. The van der Waals surface area contributed by atoms with E-state index in [1.807, 2.05) is 19.9 Å². The number of esters is 1. The van der Waals surface area contributed by atoms with Gasteiger partial charge in [0.2, 0.25) is 0 Å². The molecule has 2 heterocycles. The van der Waals surface area contributed by atoms with E-state index >= 15 is 0 Å². The van der Waals surface area contributed by atoms with Crippen LogP contribution in [-0.4, -0.2) is 38.0 Å². The molecule has 0 saturated heterocycles. The van der Waals surface area contributed by atoms with E-state index in [1.165, 1.54) is 48.5 Å². The summed E-state index contributed by atoms with van der Waals surface area (Å²) in [5, 5.41) is 0. The highest BCUT2D eigenvalue weighted by Crippen LogP contribution is 2.36. The van der Waals surface area contributed by atoms with Gasteiger partial charge in [0.1, 0.15) is 12.4 Å². The Bertz CT molecular complexity index is 1940. The molecule has 9 nitrogen and oxygen atoms in total. The third-order valence-corrected chi connectivity index (χ3v) is 8.65. The number of benzene rings is 3. The van der Waals surface area contributed by atoms with Crippen LogP contribution in [0.4, 0.5) is 4.39 Å². The van der Waals surface area contributed by atoms with Gasteiger partial charge in [-0.3, -0.25) is 9.36 Å². The summed E-state index contributed by atoms with van der Waals surface area (Å²) in [6, 6.07) is 14.3. The number of hydrogen-bond donors (Lipinski definition) is 0. The molecular weight excluding hydrogens is 714 g/mol. The molecule has 1 aromatic heterocycles. The Labute approximate surface area is 276 Å². The predicted octanol–water partition coefficient (Wildman–Crippen LogP) is 5.15. The molecule has 234 valence electrons. The Morgan fingerprint density at radius 3 is 2.42 bits per heavy atom. The van der Waals surface area contributed by atoms with E-state index in [4.69, 9.17) is 23.7 Å². The highest BCUT2D eigenvalue weighted by molar-refractivity contribution is 14.1. The van der Waals surface area contributed by atoms with Crippen LogP contribution in [0.1, 0.15) is 36.6 Å². The topological polar surface area (TPSA) is 97.6 Å². The average molecular weight is 745 g/mol. The normalized spacial score (nSPS) is 14.2. The fraction of sp³-hybridized carbons (Fsp3) is 0.242. The number of methoxy groups -OCH3 is 2. The van der Waals surface area contributed by atoms with Crippen LogP contribution in [0.2, 0.25) is 0 Å². The smallest absolute Gasteiger partial charge is 0.337 e. The first kappa shape index (κ1) is 32.2. The van der Waals surface area contributed by atoms with Gasteiger partial charge in [-0.2, -0.15) is 0 Å². The van der Waals surface area contributed by atoms with Crippen molar-refractivity contribution in [1.29, 1.82) is 0 Å². The third kappa shape index (κ3) is 6.91. The van der Waals surface area contributed by atoms with Crippen molar-refractivity contribution in [3.8, 4) is 23.0 Å². The van der Waals surface area contributed by atoms with Crippen molar-refractivity contribution in [2.75, 3.05) is 27.4 Å².